The number of nitrogens with zero attached hydrogens (tertiary/aromatic N) is 1. The Kier molecular flexibility index (Phi) is 5.59. The van der Waals surface area contributed by atoms with Gasteiger partial charge in [-0.2, -0.15) is 0 Å². The minimum Gasteiger partial charge on any atom is -0.482 e. The molecule has 24 heavy (non-hydrogen) atoms. The lowest BCUT2D eigenvalue weighted by Crippen LogP contribution is -2.34. The van der Waals surface area contributed by atoms with Gasteiger partial charge < -0.3 is 14.6 Å². The van der Waals surface area contributed by atoms with Gasteiger partial charge in [-0.1, -0.05) is 12.1 Å². The number of rotatable bonds is 6. The van der Waals surface area contributed by atoms with Crippen molar-refractivity contribution in [1.29, 1.82) is 0 Å². The van der Waals surface area contributed by atoms with Crippen molar-refractivity contribution in [2.75, 3.05) is 20.3 Å². The lowest BCUT2D eigenvalue weighted by atomic mass is 10.2. The molecule has 1 N–H and O–H groups in total. The average molecular weight is 351 g/mol. The molecule has 9 heteroatoms. The summed E-state index contributed by atoms with van der Waals surface area (Å²) in [6.45, 7) is -0.883. The molecular weight excluding hydrogens is 338 g/mol. The summed E-state index contributed by atoms with van der Waals surface area (Å²) in [5, 5.41) is 7.99. The number of ether oxygens (including phenoxy) is 2. The third-order valence-corrected chi connectivity index (χ3v) is 3.84. The van der Waals surface area contributed by atoms with Gasteiger partial charge in [-0.15, -0.1) is 0 Å². The Morgan fingerprint density at radius 3 is 2.50 bits per heavy atom. The first-order valence-corrected chi connectivity index (χ1v) is 7.49. The van der Waals surface area contributed by atoms with E-state index in [0.29, 0.717) is 11.3 Å². The number of imide groups is 1. The predicted molar refractivity (Wildman–Crippen MR) is 84.3 cm³/mol. The number of hydrogen-bond acceptors (Lipinski definition) is 7. The van der Waals surface area contributed by atoms with Crippen LogP contribution in [0.15, 0.2) is 29.2 Å². The van der Waals surface area contributed by atoms with E-state index in [2.05, 4.69) is 4.74 Å². The zero-order valence-corrected chi connectivity index (χ0v) is 13.4. The van der Waals surface area contributed by atoms with Gasteiger partial charge in [0.05, 0.1) is 12.0 Å². The lowest BCUT2D eigenvalue weighted by molar-refractivity contribution is -0.143. The Morgan fingerprint density at radius 2 is 1.92 bits per heavy atom. The van der Waals surface area contributed by atoms with Gasteiger partial charge >= 0.3 is 11.9 Å². The average Bonchev–Trinajstić information content (AvgIpc) is 2.81. The van der Waals surface area contributed by atoms with Crippen molar-refractivity contribution in [3.63, 3.8) is 0 Å². The van der Waals surface area contributed by atoms with Crippen LogP contribution in [-0.4, -0.2) is 53.4 Å². The van der Waals surface area contributed by atoms with E-state index in [4.69, 9.17) is 9.84 Å². The summed E-state index contributed by atoms with van der Waals surface area (Å²) in [4.78, 5) is 46.6. The first kappa shape index (κ1) is 17.5. The Morgan fingerprint density at radius 1 is 1.25 bits per heavy atom. The number of amides is 2. The minimum atomic E-state index is -1.08. The highest BCUT2D eigenvalue weighted by molar-refractivity contribution is 8.18. The maximum absolute atomic E-state index is 12.1. The predicted octanol–water partition coefficient (Wildman–Crippen LogP) is 1.36. The minimum absolute atomic E-state index is 0.183. The summed E-state index contributed by atoms with van der Waals surface area (Å²) in [7, 11) is 1.17. The summed E-state index contributed by atoms with van der Waals surface area (Å²) in [5.41, 5.74) is 0.626. The van der Waals surface area contributed by atoms with E-state index in [0.717, 1.165) is 16.7 Å². The van der Waals surface area contributed by atoms with Crippen LogP contribution in [0.3, 0.4) is 0 Å². The normalized spacial score (nSPS) is 15.7. The molecule has 1 saturated heterocycles. The summed E-state index contributed by atoms with van der Waals surface area (Å²) in [6.07, 6.45) is 1.50. The van der Waals surface area contributed by atoms with Crippen LogP contribution < -0.4 is 4.74 Å². The number of esters is 1. The van der Waals surface area contributed by atoms with E-state index in [1.165, 1.54) is 13.2 Å². The lowest BCUT2D eigenvalue weighted by Gasteiger charge is -2.09. The number of benzene rings is 1. The summed E-state index contributed by atoms with van der Waals surface area (Å²) >= 11 is 0.729. The smallest absolute Gasteiger partial charge is 0.341 e. The van der Waals surface area contributed by atoms with E-state index >= 15 is 0 Å². The van der Waals surface area contributed by atoms with Crippen molar-refractivity contribution >= 4 is 40.9 Å². The molecule has 2 rings (SSSR count). The molecule has 0 aliphatic carbocycles. The molecule has 0 aromatic heterocycles. The van der Waals surface area contributed by atoms with Gasteiger partial charge in [0.1, 0.15) is 12.3 Å². The zero-order valence-electron chi connectivity index (χ0n) is 12.6. The van der Waals surface area contributed by atoms with Crippen LogP contribution in [0.4, 0.5) is 4.79 Å². The Labute approximate surface area is 141 Å². The van der Waals surface area contributed by atoms with Crippen LogP contribution in [-0.2, 0) is 19.1 Å². The molecule has 2 amide bonds. The van der Waals surface area contributed by atoms with Gasteiger partial charge in [0, 0.05) is 0 Å². The first-order valence-electron chi connectivity index (χ1n) is 6.67. The summed E-state index contributed by atoms with van der Waals surface area (Å²) in [6, 6.07) is 6.33. The molecular formula is C15H13NO7S. The van der Waals surface area contributed by atoms with Crippen LogP contribution in [0.25, 0.3) is 6.08 Å². The number of methoxy groups -OCH3 is 1. The van der Waals surface area contributed by atoms with Crippen molar-refractivity contribution in [3.8, 4) is 5.75 Å². The SMILES string of the molecule is COC(=O)CN1C(=O)S/C(=C\c2ccc(OCC(=O)O)cc2)C1=O. The molecule has 1 fully saturated rings. The second-order valence-corrected chi connectivity index (χ2v) is 5.59. The zero-order chi connectivity index (χ0) is 17.7. The highest BCUT2D eigenvalue weighted by Crippen LogP contribution is 2.32. The van der Waals surface area contributed by atoms with Crippen LogP contribution in [0.2, 0.25) is 0 Å². The summed E-state index contributed by atoms with van der Waals surface area (Å²) in [5.74, 6) is -1.97. The molecule has 1 aliphatic rings. The molecule has 0 unspecified atom stereocenters. The molecule has 0 atom stereocenters. The van der Waals surface area contributed by atoms with Crippen LogP contribution >= 0.6 is 11.8 Å². The topological polar surface area (TPSA) is 110 Å². The fraction of sp³-hybridized carbons (Fsp3) is 0.200. The monoisotopic (exact) mass is 351 g/mol. The molecule has 1 aliphatic heterocycles. The molecule has 8 nitrogen and oxygen atoms in total. The van der Waals surface area contributed by atoms with Crippen molar-refractivity contribution in [2.45, 2.75) is 0 Å². The number of hydrogen-bond donors (Lipinski definition) is 1. The number of carbonyl (C=O) groups is 4. The van der Waals surface area contributed by atoms with E-state index < -0.39 is 36.2 Å². The molecule has 1 heterocycles. The van der Waals surface area contributed by atoms with Gasteiger partial charge in [-0.3, -0.25) is 19.3 Å². The molecule has 0 spiro atoms. The number of carboxylic acid groups (broad SMARTS) is 1. The highest BCUT2D eigenvalue weighted by atomic mass is 32.2. The Bertz CT molecular complexity index is 711. The third kappa shape index (κ3) is 4.35. The van der Waals surface area contributed by atoms with Gasteiger partial charge in [0.25, 0.3) is 11.1 Å². The Balaban J connectivity index is 2.08. The van der Waals surface area contributed by atoms with Gasteiger partial charge in [0.2, 0.25) is 0 Å². The number of thioether (sulfide) groups is 1. The Hall–Kier alpha value is -2.81. The number of carboxylic acids is 1. The van der Waals surface area contributed by atoms with E-state index in [-0.39, 0.29) is 4.91 Å². The summed E-state index contributed by atoms with van der Waals surface area (Å²) < 4.78 is 9.44. The molecule has 126 valence electrons. The van der Waals surface area contributed by atoms with Gasteiger partial charge in [-0.05, 0) is 35.5 Å². The molecule has 1 aromatic carbocycles. The number of carbonyl (C=O) groups excluding carboxylic acids is 3. The maximum atomic E-state index is 12.1. The fourth-order valence-electron chi connectivity index (χ4n) is 1.79. The second kappa shape index (κ2) is 7.64. The van der Waals surface area contributed by atoms with Crippen LogP contribution in [0.1, 0.15) is 5.56 Å². The van der Waals surface area contributed by atoms with E-state index in [1.807, 2.05) is 0 Å². The fourth-order valence-corrected chi connectivity index (χ4v) is 2.62. The van der Waals surface area contributed by atoms with Gasteiger partial charge in [0.15, 0.2) is 6.61 Å². The highest BCUT2D eigenvalue weighted by Gasteiger charge is 2.36. The molecule has 1 aromatic rings. The van der Waals surface area contributed by atoms with Crippen molar-refractivity contribution in [2.24, 2.45) is 0 Å². The largest absolute Gasteiger partial charge is 0.482 e. The second-order valence-electron chi connectivity index (χ2n) is 4.60. The maximum Gasteiger partial charge on any atom is 0.341 e. The quantitative estimate of drug-likeness (QED) is 0.604. The van der Waals surface area contributed by atoms with Crippen molar-refractivity contribution in [1.82, 2.24) is 4.90 Å². The van der Waals surface area contributed by atoms with Crippen LogP contribution in [0, 0.1) is 0 Å². The molecule has 0 saturated carbocycles. The third-order valence-electron chi connectivity index (χ3n) is 2.93. The van der Waals surface area contributed by atoms with Crippen molar-refractivity contribution in [3.05, 3.63) is 34.7 Å². The van der Waals surface area contributed by atoms with Crippen molar-refractivity contribution < 1.29 is 33.8 Å². The first-order chi connectivity index (χ1) is 11.4. The van der Waals surface area contributed by atoms with Gasteiger partial charge in [-0.25, -0.2) is 4.79 Å². The standard InChI is InChI=1S/C15H13NO7S/c1-22-13(19)7-16-14(20)11(24-15(16)21)6-9-2-4-10(5-3-9)23-8-12(17)18/h2-6H,7-8H2,1H3,(H,17,18)/b11-6-. The van der Waals surface area contributed by atoms with Crippen LogP contribution in [0.5, 0.6) is 5.75 Å². The van der Waals surface area contributed by atoms with E-state index in [9.17, 15) is 19.2 Å². The molecule has 0 radical (unpaired) electrons. The molecule has 0 bridgehead atoms. The number of aliphatic carboxylic acids is 1. The van der Waals surface area contributed by atoms with E-state index in [1.54, 1.807) is 24.3 Å².